The molecule has 0 radical (unpaired) electrons. The number of nitrogens with one attached hydrogen (secondary N) is 2. The van der Waals surface area contributed by atoms with Gasteiger partial charge in [0.15, 0.2) is 11.5 Å². The number of aliphatic imine (C=N–C) groups is 1. The first-order chi connectivity index (χ1) is 25.6. The van der Waals surface area contributed by atoms with Crippen LogP contribution in [0.5, 0.6) is 11.5 Å². The first-order valence-corrected chi connectivity index (χ1v) is 18.1. The zero-order valence-electron chi connectivity index (χ0n) is 29.1. The number of fused-ring (bicyclic) bond motifs is 3. The van der Waals surface area contributed by atoms with Gasteiger partial charge in [0.1, 0.15) is 11.6 Å². The summed E-state index contributed by atoms with van der Waals surface area (Å²) < 4.78 is 35.5. The third kappa shape index (κ3) is 6.20. The van der Waals surface area contributed by atoms with Crippen molar-refractivity contribution in [2.75, 3.05) is 19.7 Å². The van der Waals surface area contributed by atoms with E-state index in [0.29, 0.717) is 53.1 Å². The number of benzene rings is 3. The SMILES string of the molecule is CC1=CC(=NC(=O)c2ccc3c(c2)nc(CN2CC=C(c4cccc5c4OC(C)(c4ccc(Cl)cc4F)O5)CC2)n3C[C@@H]2CCO2)C=C2NC(=O)NC12. The van der Waals surface area contributed by atoms with Gasteiger partial charge in [0.25, 0.3) is 11.7 Å². The van der Waals surface area contributed by atoms with Crippen molar-refractivity contribution in [2.45, 2.75) is 57.7 Å². The molecule has 9 rings (SSSR count). The number of nitrogens with zero attached hydrogens (tertiary/aromatic N) is 4. The summed E-state index contributed by atoms with van der Waals surface area (Å²) in [5, 5.41) is 5.92. The van der Waals surface area contributed by atoms with Crippen LogP contribution in [0.15, 0.2) is 89.1 Å². The van der Waals surface area contributed by atoms with Crippen LogP contribution in [-0.2, 0) is 23.6 Å². The van der Waals surface area contributed by atoms with E-state index in [4.69, 9.17) is 30.8 Å². The van der Waals surface area contributed by atoms with Crippen LogP contribution in [0.3, 0.4) is 0 Å². The molecule has 1 aliphatic carbocycles. The van der Waals surface area contributed by atoms with Crippen molar-refractivity contribution in [3.05, 3.63) is 117 Å². The summed E-state index contributed by atoms with van der Waals surface area (Å²) in [6.45, 7) is 7.11. The van der Waals surface area contributed by atoms with E-state index in [1.54, 1.807) is 37.3 Å². The number of rotatable bonds is 7. The third-order valence-corrected chi connectivity index (χ3v) is 10.7. The highest BCUT2D eigenvalue weighted by molar-refractivity contribution is 6.30. The number of hydrogen-bond acceptors (Lipinski definition) is 7. The molecule has 3 atom stereocenters. The topological polar surface area (TPSA) is 119 Å². The zero-order chi connectivity index (χ0) is 36.4. The van der Waals surface area contributed by atoms with Gasteiger partial charge in [0, 0.05) is 48.5 Å². The minimum absolute atomic E-state index is 0.116. The summed E-state index contributed by atoms with van der Waals surface area (Å²) in [5.74, 6) is -0.141. The molecule has 53 heavy (non-hydrogen) atoms. The lowest BCUT2D eigenvalue weighted by Gasteiger charge is -2.29. The molecular formula is C40H36ClFN6O5. The quantitative estimate of drug-likeness (QED) is 0.218. The Bertz CT molecular complexity index is 2340. The van der Waals surface area contributed by atoms with E-state index in [2.05, 4.69) is 31.2 Å². The Morgan fingerprint density at radius 1 is 1.15 bits per heavy atom. The number of allylic oxidation sites excluding steroid dienone is 2. The average Bonchev–Trinajstić information content (AvgIpc) is 3.78. The first-order valence-electron chi connectivity index (χ1n) is 17.7. The Labute approximate surface area is 309 Å². The molecule has 1 aromatic heterocycles. The molecule has 2 fully saturated rings. The van der Waals surface area contributed by atoms with Crippen LogP contribution in [0, 0.1) is 5.82 Å². The van der Waals surface area contributed by atoms with Crippen molar-refractivity contribution in [1.82, 2.24) is 25.1 Å². The molecule has 0 spiro atoms. The molecule has 4 aromatic rings. The minimum atomic E-state index is -1.32. The zero-order valence-corrected chi connectivity index (χ0v) is 29.9. The van der Waals surface area contributed by atoms with E-state index in [0.717, 1.165) is 59.6 Å². The summed E-state index contributed by atoms with van der Waals surface area (Å²) in [5.41, 5.74) is 6.48. The maximum atomic E-state index is 14.9. The monoisotopic (exact) mass is 734 g/mol. The normalized spacial score (nSPS) is 24.3. The summed E-state index contributed by atoms with van der Waals surface area (Å²) in [6.07, 6.45) is 7.60. The van der Waals surface area contributed by atoms with Crippen molar-refractivity contribution >= 4 is 45.9 Å². The van der Waals surface area contributed by atoms with Gasteiger partial charge in [-0.1, -0.05) is 29.8 Å². The fraction of sp³-hybridized carbons (Fsp3) is 0.300. The average molecular weight is 735 g/mol. The second-order valence-corrected chi connectivity index (χ2v) is 14.5. The number of para-hydroxylation sites is 1. The summed E-state index contributed by atoms with van der Waals surface area (Å²) in [7, 11) is 0. The number of ether oxygens (including phenoxy) is 3. The van der Waals surface area contributed by atoms with Crippen LogP contribution >= 0.6 is 11.6 Å². The molecule has 2 N–H and O–H groups in total. The van der Waals surface area contributed by atoms with Crippen LogP contribution in [0.4, 0.5) is 9.18 Å². The number of carbonyl (C=O) groups excluding carboxylic acids is 2. The molecule has 4 aliphatic heterocycles. The van der Waals surface area contributed by atoms with Gasteiger partial charge >= 0.3 is 6.03 Å². The van der Waals surface area contributed by atoms with Crippen LogP contribution in [0.2, 0.25) is 5.02 Å². The fourth-order valence-electron chi connectivity index (χ4n) is 7.61. The van der Waals surface area contributed by atoms with Gasteiger partial charge in [-0.05, 0) is 85.5 Å². The third-order valence-electron chi connectivity index (χ3n) is 10.5. The van der Waals surface area contributed by atoms with Gasteiger partial charge in [-0.15, -0.1) is 0 Å². The Kier molecular flexibility index (Phi) is 8.21. The molecule has 5 aliphatic rings. The molecule has 3 aromatic carbocycles. The smallest absolute Gasteiger partial charge is 0.319 e. The van der Waals surface area contributed by atoms with Crippen molar-refractivity contribution in [3.63, 3.8) is 0 Å². The molecule has 3 amide bonds. The molecular weight excluding hydrogens is 699 g/mol. The Morgan fingerprint density at radius 3 is 2.79 bits per heavy atom. The minimum Gasteiger partial charge on any atom is -0.444 e. The van der Waals surface area contributed by atoms with Crippen molar-refractivity contribution in [3.8, 4) is 11.5 Å². The van der Waals surface area contributed by atoms with E-state index in [1.165, 1.54) is 6.07 Å². The van der Waals surface area contributed by atoms with Gasteiger partial charge in [0.05, 0.1) is 47.5 Å². The number of halogens is 2. The number of hydrogen-bond donors (Lipinski definition) is 2. The summed E-state index contributed by atoms with van der Waals surface area (Å²) in [4.78, 5) is 36.9. The number of urea groups is 1. The maximum Gasteiger partial charge on any atom is 0.319 e. The van der Waals surface area contributed by atoms with Crippen LogP contribution in [-0.4, -0.2) is 63.9 Å². The van der Waals surface area contributed by atoms with E-state index < -0.39 is 11.6 Å². The number of aromatic nitrogens is 2. The second kappa shape index (κ2) is 13.0. The molecule has 13 heteroatoms. The molecule has 0 saturated carbocycles. The largest absolute Gasteiger partial charge is 0.444 e. The lowest BCUT2D eigenvalue weighted by atomic mass is 9.98. The van der Waals surface area contributed by atoms with Gasteiger partial charge in [-0.25, -0.2) is 19.2 Å². The van der Waals surface area contributed by atoms with Crippen LogP contribution in [0.1, 0.15) is 54.0 Å². The van der Waals surface area contributed by atoms with E-state index >= 15 is 0 Å². The lowest BCUT2D eigenvalue weighted by Crippen LogP contribution is -2.33. The molecule has 11 nitrogen and oxygen atoms in total. The molecule has 2 unspecified atom stereocenters. The highest BCUT2D eigenvalue weighted by Gasteiger charge is 2.42. The molecule has 270 valence electrons. The molecule has 0 bridgehead atoms. The predicted octanol–water partition coefficient (Wildman–Crippen LogP) is 6.66. The predicted molar refractivity (Wildman–Crippen MR) is 197 cm³/mol. The molecule has 5 heterocycles. The van der Waals surface area contributed by atoms with E-state index in [-0.39, 0.29) is 29.6 Å². The Balaban J connectivity index is 0.943. The summed E-state index contributed by atoms with van der Waals surface area (Å²) in [6, 6.07) is 15.3. The number of amides is 3. The van der Waals surface area contributed by atoms with E-state index in [9.17, 15) is 14.0 Å². The van der Waals surface area contributed by atoms with Gasteiger partial charge < -0.3 is 29.4 Å². The number of imidazole rings is 1. The highest BCUT2D eigenvalue weighted by Crippen LogP contribution is 2.49. The highest BCUT2D eigenvalue weighted by atomic mass is 35.5. The number of carbonyl (C=O) groups is 2. The van der Waals surface area contributed by atoms with Crippen molar-refractivity contribution < 1.29 is 28.2 Å². The van der Waals surface area contributed by atoms with Crippen LogP contribution in [0.25, 0.3) is 16.6 Å². The van der Waals surface area contributed by atoms with Crippen molar-refractivity contribution in [2.24, 2.45) is 4.99 Å². The van der Waals surface area contributed by atoms with E-state index in [1.807, 2.05) is 37.3 Å². The second-order valence-electron chi connectivity index (χ2n) is 14.1. The molecule has 2 saturated heterocycles. The fourth-order valence-corrected chi connectivity index (χ4v) is 7.77. The Morgan fingerprint density at radius 2 is 2.02 bits per heavy atom. The first kappa shape index (κ1) is 33.5. The lowest BCUT2D eigenvalue weighted by molar-refractivity contribution is -0.0708. The van der Waals surface area contributed by atoms with Gasteiger partial charge in [0.2, 0.25) is 0 Å². The van der Waals surface area contributed by atoms with Crippen molar-refractivity contribution in [1.29, 1.82) is 0 Å². The standard InChI is InChI=1S/C40H36ClFN6O5/c1-22-16-26(19-32-36(22)46-39(50)45-32)43-38(49)24-6-9-33-31(17-24)44-35(48(33)20-27-12-15-51-27)21-47-13-10-23(11-14-47)28-4-3-5-34-37(28)53-40(2,52-34)29-8-7-25(41)18-30(29)42/h3-10,16-19,27,36H,11-15,20-21H2,1-2H3,(H2,45,46,50)/t27-,36?,40?/m0/s1. The van der Waals surface area contributed by atoms with Crippen LogP contribution < -0.4 is 20.1 Å². The maximum absolute atomic E-state index is 14.9. The van der Waals surface area contributed by atoms with Gasteiger partial charge in [-0.2, -0.15) is 0 Å². The summed E-state index contributed by atoms with van der Waals surface area (Å²) >= 11 is 6.00. The Hall–Kier alpha value is -5.30. The van der Waals surface area contributed by atoms with Gasteiger partial charge in [-0.3, -0.25) is 9.69 Å².